The molecular formula is C9H20O3Si. The van der Waals surface area contributed by atoms with Crippen molar-refractivity contribution in [2.75, 3.05) is 0 Å². The summed E-state index contributed by atoms with van der Waals surface area (Å²) >= 11 is 0. The molecule has 0 aliphatic heterocycles. The number of aliphatic hydroxyl groups excluding tert-OH is 1. The van der Waals surface area contributed by atoms with Crippen LogP contribution in [0.5, 0.6) is 0 Å². The fourth-order valence-electron chi connectivity index (χ4n) is 0.913. The Morgan fingerprint density at radius 1 is 1.38 bits per heavy atom. The first-order valence-corrected chi connectivity index (χ1v) is 8.04. The van der Waals surface area contributed by atoms with Crippen molar-refractivity contribution in [2.45, 2.75) is 46.0 Å². The summed E-state index contributed by atoms with van der Waals surface area (Å²) in [6, 6.07) is 0. The van der Waals surface area contributed by atoms with E-state index in [1.165, 1.54) is 0 Å². The molecular weight excluding hydrogens is 184 g/mol. The van der Waals surface area contributed by atoms with Crippen molar-refractivity contribution in [2.24, 2.45) is 5.92 Å². The summed E-state index contributed by atoms with van der Waals surface area (Å²) in [6.45, 7) is 9.70. The number of rotatable bonds is 4. The van der Waals surface area contributed by atoms with Crippen LogP contribution >= 0.6 is 0 Å². The fourth-order valence-corrected chi connectivity index (χ4v) is 1.65. The van der Waals surface area contributed by atoms with Gasteiger partial charge in [0.1, 0.15) is 0 Å². The molecule has 0 fully saturated rings. The van der Waals surface area contributed by atoms with E-state index in [1.807, 2.05) is 33.5 Å². The third-order valence-electron chi connectivity index (χ3n) is 1.37. The molecule has 0 amide bonds. The standard InChI is InChI=1S/C9H20O3Si/c1-7(2)6-8(10)9(11)12-13(3,4)5/h7-8,10H,6H2,1-5H3. The molecule has 0 aromatic heterocycles. The zero-order valence-corrected chi connectivity index (χ0v) is 10.1. The molecule has 1 N–H and O–H groups in total. The highest BCUT2D eigenvalue weighted by atomic mass is 28.4. The lowest BCUT2D eigenvalue weighted by Gasteiger charge is -2.20. The largest absolute Gasteiger partial charge is 0.518 e. The molecule has 0 saturated carbocycles. The second-order valence-corrected chi connectivity index (χ2v) is 9.11. The van der Waals surface area contributed by atoms with Crippen molar-refractivity contribution < 1.29 is 14.3 Å². The Bertz CT molecular complexity index is 172. The van der Waals surface area contributed by atoms with Gasteiger partial charge in [-0.1, -0.05) is 13.8 Å². The van der Waals surface area contributed by atoms with Crippen LogP contribution in [0.1, 0.15) is 20.3 Å². The van der Waals surface area contributed by atoms with Gasteiger partial charge in [0.05, 0.1) is 0 Å². The zero-order chi connectivity index (χ0) is 10.6. The van der Waals surface area contributed by atoms with E-state index in [1.54, 1.807) is 0 Å². The number of hydrogen-bond acceptors (Lipinski definition) is 3. The lowest BCUT2D eigenvalue weighted by molar-refractivity contribution is -0.145. The first-order chi connectivity index (χ1) is 5.72. The molecule has 1 atom stereocenters. The van der Waals surface area contributed by atoms with Crippen molar-refractivity contribution in [3.63, 3.8) is 0 Å². The summed E-state index contributed by atoms with van der Waals surface area (Å²) in [4.78, 5) is 11.3. The summed E-state index contributed by atoms with van der Waals surface area (Å²) in [5.41, 5.74) is 0. The van der Waals surface area contributed by atoms with Gasteiger partial charge in [0.25, 0.3) is 0 Å². The van der Waals surface area contributed by atoms with Crippen LogP contribution in [-0.2, 0) is 9.22 Å². The molecule has 0 saturated heterocycles. The number of carbonyl (C=O) groups is 1. The van der Waals surface area contributed by atoms with Gasteiger partial charge < -0.3 is 9.53 Å². The Labute approximate surface area is 81.2 Å². The SMILES string of the molecule is CC(C)CC(O)C(=O)O[Si](C)(C)C. The van der Waals surface area contributed by atoms with Crippen LogP contribution in [0.25, 0.3) is 0 Å². The third kappa shape index (κ3) is 6.78. The molecule has 78 valence electrons. The van der Waals surface area contributed by atoms with E-state index in [4.69, 9.17) is 4.43 Å². The van der Waals surface area contributed by atoms with Crippen molar-refractivity contribution in [3.05, 3.63) is 0 Å². The van der Waals surface area contributed by atoms with Crippen LogP contribution in [0, 0.1) is 5.92 Å². The first-order valence-electron chi connectivity index (χ1n) is 4.63. The monoisotopic (exact) mass is 204 g/mol. The molecule has 3 nitrogen and oxygen atoms in total. The van der Waals surface area contributed by atoms with Crippen LogP contribution in [0.3, 0.4) is 0 Å². The van der Waals surface area contributed by atoms with Crippen LogP contribution in [-0.4, -0.2) is 25.5 Å². The second kappa shape index (κ2) is 4.76. The quantitative estimate of drug-likeness (QED) is 0.710. The van der Waals surface area contributed by atoms with Gasteiger partial charge in [0.2, 0.25) is 8.32 Å². The first kappa shape index (κ1) is 12.6. The average molecular weight is 204 g/mol. The van der Waals surface area contributed by atoms with Gasteiger partial charge >= 0.3 is 5.97 Å². The third-order valence-corrected chi connectivity index (χ3v) is 2.19. The highest BCUT2D eigenvalue weighted by Crippen LogP contribution is 2.10. The number of aliphatic hydroxyl groups is 1. The molecule has 0 aliphatic rings. The van der Waals surface area contributed by atoms with Crippen molar-refractivity contribution in [3.8, 4) is 0 Å². The lowest BCUT2D eigenvalue weighted by Crippen LogP contribution is -2.35. The minimum atomic E-state index is -1.84. The van der Waals surface area contributed by atoms with Crippen LogP contribution in [0.4, 0.5) is 0 Å². The molecule has 0 aliphatic carbocycles. The van der Waals surface area contributed by atoms with E-state index < -0.39 is 20.4 Å². The molecule has 0 spiro atoms. The van der Waals surface area contributed by atoms with Gasteiger partial charge in [-0.15, -0.1) is 0 Å². The molecule has 0 radical (unpaired) electrons. The number of hydrogen-bond donors (Lipinski definition) is 1. The molecule has 4 heteroatoms. The Morgan fingerprint density at radius 3 is 2.15 bits per heavy atom. The van der Waals surface area contributed by atoms with Gasteiger partial charge in [0, 0.05) is 0 Å². The van der Waals surface area contributed by atoms with E-state index >= 15 is 0 Å². The van der Waals surface area contributed by atoms with Gasteiger partial charge in [0.15, 0.2) is 6.10 Å². The minimum absolute atomic E-state index is 0.309. The average Bonchev–Trinajstić information content (AvgIpc) is 1.81. The van der Waals surface area contributed by atoms with Gasteiger partial charge in [-0.05, 0) is 32.0 Å². The molecule has 0 aromatic carbocycles. The number of carbonyl (C=O) groups excluding carboxylic acids is 1. The maximum atomic E-state index is 11.3. The molecule has 13 heavy (non-hydrogen) atoms. The van der Waals surface area contributed by atoms with E-state index in [9.17, 15) is 9.90 Å². The normalized spacial score (nSPS) is 14.4. The minimum Gasteiger partial charge on any atom is -0.518 e. The summed E-state index contributed by atoms with van der Waals surface area (Å²) in [7, 11) is -1.84. The maximum absolute atomic E-state index is 11.3. The Morgan fingerprint density at radius 2 is 1.85 bits per heavy atom. The van der Waals surface area contributed by atoms with E-state index in [0.717, 1.165) is 0 Å². The molecule has 0 aromatic rings. The summed E-state index contributed by atoms with van der Waals surface area (Å²) in [5, 5.41) is 9.40. The summed E-state index contributed by atoms with van der Waals surface area (Å²) < 4.78 is 5.15. The predicted octanol–water partition coefficient (Wildman–Crippen LogP) is 1.77. The molecule has 1 unspecified atom stereocenters. The van der Waals surface area contributed by atoms with Gasteiger partial charge in [-0.3, -0.25) is 4.79 Å². The van der Waals surface area contributed by atoms with Crippen molar-refractivity contribution in [1.82, 2.24) is 0 Å². The lowest BCUT2D eigenvalue weighted by atomic mass is 10.1. The van der Waals surface area contributed by atoms with E-state index in [-0.39, 0.29) is 0 Å². The summed E-state index contributed by atoms with van der Waals surface area (Å²) in [6.07, 6.45) is -0.477. The predicted molar refractivity (Wildman–Crippen MR) is 54.9 cm³/mol. The van der Waals surface area contributed by atoms with Crippen molar-refractivity contribution in [1.29, 1.82) is 0 Å². The van der Waals surface area contributed by atoms with Crippen molar-refractivity contribution >= 4 is 14.3 Å². The second-order valence-electron chi connectivity index (χ2n) is 4.68. The Balaban J connectivity index is 3.97. The van der Waals surface area contributed by atoms with Crippen LogP contribution in [0.15, 0.2) is 0 Å². The Kier molecular flexibility index (Phi) is 4.63. The van der Waals surface area contributed by atoms with E-state index in [2.05, 4.69) is 0 Å². The topological polar surface area (TPSA) is 46.5 Å². The summed E-state index contributed by atoms with van der Waals surface area (Å²) in [5.74, 6) is -0.156. The van der Waals surface area contributed by atoms with Crippen LogP contribution in [0.2, 0.25) is 19.6 Å². The molecule has 0 heterocycles. The molecule has 0 bridgehead atoms. The van der Waals surface area contributed by atoms with Gasteiger partial charge in [-0.25, -0.2) is 0 Å². The van der Waals surface area contributed by atoms with Crippen LogP contribution < -0.4 is 0 Å². The highest BCUT2D eigenvalue weighted by molar-refractivity contribution is 6.71. The molecule has 0 rings (SSSR count). The Hall–Kier alpha value is -0.353. The maximum Gasteiger partial charge on any atom is 0.321 e. The van der Waals surface area contributed by atoms with E-state index in [0.29, 0.717) is 12.3 Å². The smallest absolute Gasteiger partial charge is 0.321 e. The highest BCUT2D eigenvalue weighted by Gasteiger charge is 2.25. The van der Waals surface area contributed by atoms with Gasteiger partial charge in [-0.2, -0.15) is 0 Å². The zero-order valence-electron chi connectivity index (χ0n) is 9.13. The fraction of sp³-hybridized carbons (Fsp3) is 0.889.